The maximum atomic E-state index is 13.0. The van der Waals surface area contributed by atoms with Crippen LogP contribution < -0.4 is 16.0 Å². The fourth-order valence-electron chi connectivity index (χ4n) is 2.34. The van der Waals surface area contributed by atoms with Crippen molar-refractivity contribution in [1.29, 1.82) is 0 Å². The molecule has 6 heteroatoms. The van der Waals surface area contributed by atoms with E-state index in [4.69, 9.17) is 0 Å². The van der Waals surface area contributed by atoms with Crippen molar-refractivity contribution < 1.29 is 14.0 Å². The number of hydrogen-bond donors (Lipinski definition) is 3. The summed E-state index contributed by atoms with van der Waals surface area (Å²) in [5.41, 5.74) is 2.30. The minimum atomic E-state index is -0.450. The number of anilines is 2. The molecule has 0 spiro atoms. The summed E-state index contributed by atoms with van der Waals surface area (Å²) in [6.45, 7) is 5.05. The van der Waals surface area contributed by atoms with Crippen molar-refractivity contribution in [3.05, 3.63) is 59.9 Å². The number of carbonyl (C=O) groups excluding carboxylic acids is 2. The van der Waals surface area contributed by atoms with Gasteiger partial charge in [-0.2, -0.15) is 0 Å². The average molecular weight is 343 g/mol. The first-order valence-corrected chi connectivity index (χ1v) is 8.05. The molecule has 2 rings (SSSR count). The van der Waals surface area contributed by atoms with Gasteiger partial charge in [0, 0.05) is 18.3 Å². The van der Waals surface area contributed by atoms with Crippen LogP contribution in [0.2, 0.25) is 0 Å². The van der Waals surface area contributed by atoms with Gasteiger partial charge in [0.1, 0.15) is 11.9 Å². The highest BCUT2D eigenvalue weighted by atomic mass is 19.1. The van der Waals surface area contributed by atoms with E-state index in [0.29, 0.717) is 5.69 Å². The first kappa shape index (κ1) is 18.4. The van der Waals surface area contributed by atoms with E-state index in [1.165, 1.54) is 19.1 Å². The molecule has 0 saturated carbocycles. The number of halogens is 1. The molecule has 0 aromatic heterocycles. The van der Waals surface area contributed by atoms with E-state index >= 15 is 0 Å². The Labute approximate surface area is 146 Å². The number of benzene rings is 2. The number of carbonyl (C=O) groups is 2. The van der Waals surface area contributed by atoms with Gasteiger partial charge >= 0.3 is 0 Å². The van der Waals surface area contributed by atoms with Crippen LogP contribution in [0.1, 0.15) is 32.4 Å². The Kier molecular flexibility index (Phi) is 6.11. The lowest BCUT2D eigenvalue weighted by molar-refractivity contribution is -0.122. The van der Waals surface area contributed by atoms with Gasteiger partial charge in [0.05, 0.1) is 6.04 Å². The molecule has 0 bridgehead atoms. The maximum absolute atomic E-state index is 13.0. The lowest BCUT2D eigenvalue weighted by atomic mass is 10.1. The smallest absolute Gasteiger partial charge is 0.242 e. The van der Waals surface area contributed by atoms with Crippen LogP contribution in [0.4, 0.5) is 15.8 Å². The van der Waals surface area contributed by atoms with Crippen LogP contribution in [0.3, 0.4) is 0 Å². The van der Waals surface area contributed by atoms with Gasteiger partial charge in [-0.3, -0.25) is 9.59 Å². The third kappa shape index (κ3) is 5.60. The molecule has 2 amide bonds. The highest BCUT2D eigenvalue weighted by Gasteiger charge is 2.16. The van der Waals surface area contributed by atoms with Crippen LogP contribution in [0.5, 0.6) is 0 Å². The fraction of sp³-hybridized carbons (Fsp3) is 0.263. The highest BCUT2D eigenvalue weighted by Crippen LogP contribution is 2.16. The van der Waals surface area contributed by atoms with Crippen molar-refractivity contribution in [3.63, 3.8) is 0 Å². The first-order valence-electron chi connectivity index (χ1n) is 8.05. The van der Waals surface area contributed by atoms with E-state index in [1.807, 2.05) is 6.92 Å². The Balaban J connectivity index is 1.91. The third-order valence-electron chi connectivity index (χ3n) is 3.71. The maximum Gasteiger partial charge on any atom is 0.242 e. The van der Waals surface area contributed by atoms with E-state index < -0.39 is 6.04 Å². The van der Waals surface area contributed by atoms with E-state index in [9.17, 15) is 14.0 Å². The van der Waals surface area contributed by atoms with Crippen LogP contribution in [-0.4, -0.2) is 17.9 Å². The van der Waals surface area contributed by atoms with Gasteiger partial charge in [0.2, 0.25) is 11.8 Å². The van der Waals surface area contributed by atoms with Gasteiger partial charge in [-0.1, -0.05) is 12.1 Å². The molecular formula is C19H22FN3O2. The summed E-state index contributed by atoms with van der Waals surface area (Å²) in [7, 11) is 0. The summed E-state index contributed by atoms with van der Waals surface area (Å²) in [5.74, 6) is -0.606. The summed E-state index contributed by atoms with van der Waals surface area (Å²) in [5, 5.41) is 8.68. The highest BCUT2D eigenvalue weighted by molar-refractivity contribution is 5.89. The van der Waals surface area contributed by atoms with Crippen molar-refractivity contribution in [1.82, 2.24) is 5.32 Å². The van der Waals surface area contributed by atoms with Gasteiger partial charge in [0.25, 0.3) is 0 Å². The van der Waals surface area contributed by atoms with E-state index in [-0.39, 0.29) is 23.7 Å². The van der Waals surface area contributed by atoms with Gasteiger partial charge in [-0.25, -0.2) is 4.39 Å². The molecule has 2 aromatic carbocycles. The van der Waals surface area contributed by atoms with Crippen molar-refractivity contribution in [2.24, 2.45) is 0 Å². The second-order valence-corrected chi connectivity index (χ2v) is 5.91. The van der Waals surface area contributed by atoms with E-state index in [0.717, 1.165) is 11.3 Å². The Morgan fingerprint density at radius 1 is 0.920 bits per heavy atom. The Bertz CT molecular complexity index is 729. The third-order valence-corrected chi connectivity index (χ3v) is 3.71. The zero-order valence-corrected chi connectivity index (χ0v) is 14.5. The Morgan fingerprint density at radius 3 is 2.04 bits per heavy atom. The Hall–Kier alpha value is -2.89. The number of hydrogen-bond acceptors (Lipinski definition) is 3. The molecule has 0 aliphatic rings. The van der Waals surface area contributed by atoms with Crippen LogP contribution in [0.25, 0.3) is 0 Å². The zero-order valence-electron chi connectivity index (χ0n) is 14.5. The largest absolute Gasteiger partial charge is 0.374 e. The summed E-state index contributed by atoms with van der Waals surface area (Å²) in [6, 6.07) is 12.5. The minimum absolute atomic E-state index is 0.136. The molecule has 2 aromatic rings. The molecule has 5 nitrogen and oxygen atoms in total. The molecule has 25 heavy (non-hydrogen) atoms. The van der Waals surface area contributed by atoms with Crippen LogP contribution >= 0.6 is 0 Å². The number of amides is 2. The van der Waals surface area contributed by atoms with Crippen molar-refractivity contribution >= 4 is 23.2 Å². The minimum Gasteiger partial charge on any atom is -0.374 e. The summed E-state index contributed by atoms with van der Waals surface area (Å²) in [4.78, 5) is 23.3. The molecule has 0 aliphatic carbocycles. The summed E-state index contributed by atoms with van der Waals surface area (Å²) < 4.78 is 13.0. The molecule has 0 fully saturated rings. The number of nitrogens with one attached hydrogen (secondary N) is 3. The molecule has 0 unspecified atom stereocenters. The van der Waals surface area contributed by atoms with Gasteiger partial charge in [0.15, 0.2) is 0 Å². The molecule has 0 heterocycles. The normalized spacial score (nSPS) is 12.8. The van der Waals surface area contributed by atoms with E-state index in [2.05, 4.69) is 16.0 Å². The van der Waals surface area contributed by atoms with Crippen molar-refractivity contribution in [2.45, 2.75) is 32.9 Å². The molecule has 0 saturated heterocycles. The Morgan fingerprint density at radius 2 is 1.48 bits per heavy atom. The van der Waals surface area contributed by atoms with Gasteiger partial charge in [-0.15, -0.1) is 0 Å². The first-order chi connectivity index (χ1) is 11.8. The molecule has 0 aliphatic heterocycles. The van der Waals surface area contributed by atoms with E-state index in [1.54, 1.807) is 43.3 Å². The second-order valence-electron chi connectivity index (χ2n) is 5.91. The zero-order chi connectivity index (χ0) is 18.4. The molecule has 0 radical (unpaired) electrons. The summed E-state index contributed by atoms with van der Waals surface area (Å²) in [6.07, 6.45) is 0. The molecule has 132 valence electrons. The quantitative estimate of drug-likeness (QED) is 0.752. The monoisotopic (exact) mass is 343 g/mol. The summed E-state index contributed by atoms with van der Waals surface area (Å²) >= 11 is 0. The predicted molar refractivity (Wildman–Crippen MR) is 96.8 cm³/mol. The predicted octanol–water partition coefficient (Wildman–Crippen LogP) is 3.46. The van der Waals surface area contributed by atoms with Crippen molar-refractivity contribution in [2.75, 3.05) is 10.6 Å². The van der Waals surface area contributed by atoms with Crippen molar-refractivity contribution in [3.8, 4) is 0 Å². The lowest BCUT2D eigenvalue weighted by Gasteiger charge is -2.19. The standard InChI is InChI=1S/C19H22FN3O2/c1-12(15-4-6-16(20)7-5-15)22-19(25)13(2)21-17-8-10-18(11-9-17)23-14(3)24/h4-13,21H,1-3H3,(H,22,25)(H,23,24)/t12-,13-/m1/s1. The molecule has 2 atom stereocenters. The van der Waals surface area contributed by atoms with Crippen LogP contribution in [-0.2, 0) is 9.59 Å². The van der Waals surface area contributed by atoms with Gasteiger partial charge < -0.3 is 16.0 Å². The van der Waals surface area contributed by atoms with Gasteiger partial charge in [-0.05, 0) is 55.8 Å². The number of rotatable bonds is 6. The molecule has 3 N–H and O–H groups in total. The topological polar surface area (TPSA) is 70.2 Å². The SMILES string of the molecule is CC(=O)Nc1ccc(N[C@H](C)C(=O)N[C@H](C)c2ccc(F)cc2)cc1. The molecular weight excluding hydrogens is 321 g/mol. The average Bonchev–Trinajstić information content (AvgIpc) is 2.56. The lowest BCUT2D eigenvalue weighted by Crippen LogP contribution is -2.38. The van der Waals surface area contributed by atoms with Crippen LogP contribution in [0, 0.1) is 5.82 Å². The second kappa shape index (κ2) is 8.28. The fourth-order valence-corrected chi connectivity index (χ4v) is 2.34. The van der Waals surface area contributed by atoms with Crippen LogP contribution in [0.15, 0.2) is 48.5 Å².